The Morgan fingerprint density at radius 1 is 1.00 bits per heavy atom. The molecule has 1 atom stereocenters. The SMILES string of the molecule is [2H]C1=C(c2ccc([Si](C)(C)C)cc2)C2(C)Oc3c(cc4ccccc4c3C(C)C)-c3nccc1c32. The molecule has 6 rings (SSSR count). The molecule has 0 spiro atoms. The summed E-state index contributed by atoms with van der Waals surface area (Å²) in [7, 11) is -1.42. The third-order valence-electron chi connectivity index (χ3n) is 7.38. The van der Waals surface area contributed by atoms with Gasteiger partial charge in [0, 0.05) is 28.5 Å². The van der Waals surface area contributed by atoms with E-state index in [1.807, 2.05) is 12.3 Å². The largest absolute Gasteiger partial charge is 0.477 e. The van der Waals surface area contributed by atoms with E-state index in [0.29, 0.717) is 6.05 Å². The average molecular weight is 463 g/mol. The molecule has 1 aliphatic carbocycles. The molecule has 2 nitrogen and oxygen atoms in total. The highest BCUT2D eigenvalue weighted by Gasteiger charge is 2.47. The van der Waals surface area contributed by atoms with Gasteiger partial charge in [-0.05, 0) is 52.9 Å². The van der Waals surface area contributed by atoms with Gasteiger partial charge < -0.3 is 4.74 Å². The lowest BCUT2D eigenvalue weighted by Gasteiger charge is -2.38. The predicted octanol–water partition coefficient (Wildman–Crippen LogP) is 7.73. The summed E-state index contributed by atoms with van der Waals surface area (Å²) < 4.78 is 16.3. The van der Waals surface area contributed by atoms with Crippen LogP contribution in [0.5, 0.6) is 5.75 Å². The van der Waals surface area contributed by atoms with Gasteiger partial charge >= 0.3 is 0 Å². The van der Waals surface area contributed by atoms with E-state index in [2.05, 4.69) is 95.0 Å². The van der Waals surface area contributed by atoms with Crippen molar-refractivity contribution in [2.45, 2.75) is 51.9 Å². The van der Waals surface area contributed by atoms with Gasteiger partial charge in [-0.2, -0.15) is 0 Å². The van der Waals surface area contributed by atoms with Crippen LogP contribution in [0.4, 0.5) is 0 Å². The fourth-order valence-corrected chi connectivity index (χ4v) is 6.81. The van der Waals surface area contributed by atoms with Crippen LogP contribution < -0.4 is 9.92 Å². The van der Waals surface area contributed by atoms with Crippen molar-refractivity contribution in [1.82, 2.24) is 4.98 Å². The minimum Gasteiger partial charge on any atom is -0.477 e. The van der Waals surface area contributed by atoms with Crippen molar-refractivity contribution in [2.75, 3.05) is 0 Å². The topological polar surface area (TPSA) is 22.1 Å². The summed E-state index contributed by atoms with van der Waals surface area (Å²) >= 11 is 0. The zero-order valence-electron chi connectivity index (χ0n) is 21.8. The molecule has 2 aliphatic rings. The summed E-state index contributed by atoms with van der Waals surface area (Å²) in [4.78, 5) is 4.89. The lowest BCUT2D eigenvalue weighted by Crippen LogP contribution is -2.37. The van der Waals surface area contributed by atoms with Crippen LogP contribution in [0.15, 0.2) is 66.9 Å². The number of fused-ring (bicyclic) bond motifs is 3. The molecule has 1 unspecified atom stereocenters. The number of ether oxygens (including phenoxy) is 1. The molecule has 170 valence electrons. The molecule has 3 aromatic carbocycles. The van der Waals surface area contributed by atoms with Gasteiger partial charge in [0.1, 0.15) is 5.75 Å². The Kier molecular flexibility index (Phi) is 4.26. The van der Waals surface area contributed by atoms with Gasteiger partial charge in [-0.25, -0.2) is 0 Å². The molecule has 1 aliphatic heterocycles. The smallest absolute Gasteiger partial charge is 0.160 e. The summed E-state index contributed by atoms with van der Waals surface area (Å²) in [5.74, 6) is 1.19. The molecule has 0 fully saturated rings. The molecular weight excluding hydrogens is 430 g/mol. The quantitative estimate of drug-likeness (QED) is 0.291. The Labute approximate surface area is 204 Å². The van der Waals surface area contributed by atoms with E-state index in [1.165, 1.54) is 21.5 Å². The molecule has 0 saturated carbocycles. The van der Waals surface area contributed by atoms with Gasteiger partial charge in [-0.1, -0.05) is 87.2 Å². The molecule has 3 heteroatoms. The number of hydrogen-bond acceptors (Lipinski definition) is 2. The summed E-state index contributed by atoms with van der Waals surface area (Å²) in [6.45, 7) is 13.7. The van der Waals surface area contributed by atoms with Crippen LogP contribution in [0.3, 0.4) is 0 Å². The van der Waals surface area contributed by atoms with Gasteiger partial charge in [0.2, 0.25) is 0 Å². The second-order valence-electron chi connectivity index (χ2n) is 11.1. The van der Waals surface area contributed by atoms with E-state index in [4.69, 9.17) is 9.72 Å². The van der Waals surface area contributed by atoms with Crippen LogP contribution >= 0.6 is 0 Å². The van der Waals surface area contributed by atoms with Crippen molar-refractivity contribution in [1.29, 1.82) is 0 Å². The first kappa shape index (κ1) is 20.2. The zero-order valence-corrected chi connectivity index (χ0v) is 21.8. The first-order valence-electron chi connectivity index (χ1n) is 12.7. The Bertz CT molecular complexity index is 1550. The van der Waals surface area contributed by atoms with Crippen molar-refractivity contribution < 1.29 is 6.11 Å². The number of hydrogen-bond donors (Lipinski definition) is 0. The fourth-order valence-electron chi connectivity index (χ4n) is 5.64. The van der Waals surface area contributed by atoms with Crippen LogP contribution in [0.2, 0.25) is 19.6 Å². The molecule has 2 heterocycles. The van der Waals surface area contributed by atoms with Gasteiger partial charge in [-0.3, -0.25) is 4.98 Å². The first-order valence-corrected chi connectivity index (χ1v) is 15.7. The predicted molar refractivity (Wildman–Crippen MR) is 147 cm³/mol. The van der Waals surface area contributed by atoms with Crippen LogP contribution in [-0.4, -0.2) is 13.1 Å². The minimum absolute atomic E-state index is 0.281. The summed E-state index contributed by atoms with van der Waals surface area (Å²) in [6, 6.07) is 22.1. The third kappa shape index (κ3) is 2.96. The van der Waals surface area contributed by atoms with E-state index in [9.17, 15) is 1.37 Å². The molecule has 34 heavy (non-hydrogen) atoms. The molecule has 4 aromatic rings. The fraction of sp³-hybridized carbons (Fsp3) is 0.258. The highest BCUT2D eigenvalue weighted by Crippen LogP contribution is 2.57. The Balaban J connectivity index is 1.62. The van der Waals surface area contributed by atoms with Crippen molar-refractivity contribution in [2.24, 2.45) is 0 Å². The van der Waals surface area contributed by atoms with Crippen molar-refractivity contribution >= 4 is 35.7 Å². The highest BCUT2D eigenvalue weighted by molar-refractivity contribution is 6.88. The van der Waals surface area contributed by atoms with E-state index in [1.54, 1.807) is 0 Å². The second kappa shape index (κ2) is 7.16. The molecule has 0 bridgehead atoms. The number of pyridine rings is 1. The van der Waals surface area contributed by atoms with Crippen LogP contribution in [0.25, 0.3) is 33.7 Å². The zero-order chi connectivity index (χ0) is 24.7. The average Bonchev–Trinajstić information content (AvgIpc) is 3.04. The van der Waals surface area contributed by atoms with Crippen molar-refractivity contribution in [3.8, 4) is 17.0 Å². The van der Waals surface area contributed by atoms with Crippen LogP contribution in [-0.2, 0) is 5.60 Å². The van der Waals surface area contributed by atoms with Crippen molar-refractivity contribution in [3.05, 3.63) is 89.1 Å². The molecule has 0 amide bonds. The Hall–Kier alpha value is -3.17. The Morgan fingerprint density at radius 2 is 1.74 bits per heavy atom. The molecule has 0 saturated heterocycles. The number of benzene rings is 3. The maximum atomic E-state index is 9.24. The van der Waals surface area contributed by atoms with Gasteiger partial charge in [0.25, 0.3) is 0 Å². The molecule has 0 N–H and O–H groups in total. The van der Waals surface area contributed by atoms with E-state index in [-0.39, 0.29) is 5.92 Å². The standard InChI is InChI=1S/C31H31NOSi/c1-19(2)27-24-10-8-7-9-21(24)17-25-29-28-22(15-16-32-29)18-26(31(28,3)33-30(25)27)20-11-13-23(14-12-20)34(4,5)6/h7-19H,1-6H3/i18D. The second-order valence-corrected chi connectivity index (χ2v) is 16.2. The Morgan fingerprint density at radius 3 is 2.44 bits per heavy atom. The lowest BCUT2D eigenvalue weighted by molar-refractivity contribution is 0.149. The van der Waals surface area contributed by atoms with Gasteiger partial charge in [0.05, 0.1) is 15.1 Å². The van der Waals surface area contributed by atoms with E-state index >= 15 is 0 Å². The maximum absolute atomic E-state index is 9.24. The summed E-state index contributed by atoms with van der Waals surface area (Å²) in [6.07, 6.45) is 1.85. The number of rotatable bonds is 3. The lowest BCUT2D eigenvalue weighted by atomic mass is 9.81. The van der Waals surface area contributed by atoms with Crippen molar-refractivity contribution in [3.63, 3.8) is 0 Å². The van der Waals surface area contributed by atoms with Crippen LogP contribution in [0.1, 0.15) is 50.3 Å². The number of aromatic nitrogens is 1. The first-order chi connectivity index (χ1) is 16.6. The normalized spacial score (nSPS) is 19.2. The maximum Gasteiger partial charge on any atom is 0.160 e. The molecule has 1 aromatic heterocycles. The van der Waals surface area contributed by atoms with Crippen LogP contribution in [0, 0.1) is 0 Å². The number of nitrogens with zero attached hydrogens (tertiary/aromatic N) is 1. The molecular formula is C31H31NOSi. The highest BCUT2D eigenvalue weighted by atomic mass is 28.3. The van der Waals surface area contributed by atoms with Gasteiger partial charge in [0.15, 0.2) is 5.60 Å². The summed E-state index contributed by atoms with van der Waals surface area (Å²) in [5, 5.41) is 3.83. The van der Waals surface area contributed by atoms with E-state index < -0.39 is 13.7 Å². The minimum atomic E-state index is -1.42. The monoisotopic (exact) mass is 462 g/mol. The molecule has 0 radical (unpaired) electrons. The van der Waals surface area contributed by atoms with E-state index in [0.717, 1.165) is 39.3 Å². The summed E-state index contributed by atoms with van der Waals surface area (Å²) in [5.41, 5.74) is 6.34. The van der Waals surface area contributed by atoms with Gasteiger partial charge in [-0.15, -0.1) is 0 Å². The third-order valence-corrected chi connectivity index (χ3v) is 9.45.